The van der Waals surface area contributed by atoms with Gasteiger partial charge < -0.3 is 4.90 Å². The van der Waals surface area contributed by atoms with E-state index in [1.807, 2.05) is 50.4 Å². The topological polar surface area (TPSA) is 35.9 Å². The lowest BCUT2D eigenvalue weighted by atomic mass is 9.80. The monoisotopic (exact) mass is 437 g/mol. The van der Waals surface area contributed by atoms with Crippen LogP contribution in [0.1, 0.15) is 51.2 Å². The number of anilines is 1. The minimum atomic E-state index is -0.312. The fraction of sp³-hybridized carbons (Fsp3) is 0.360. The van der Waals surface area contributed by atoms with Gasteiger partial charge in [-0.25, -0.2) is 9.38 Å². The van der Waals surface area contributed by atoms with Crippen LogP contribution in [0.15, 0.2) is 52.4 Å². The van der Waals surface area contributed by atoms with Gasteiger partial charge in [0.05, 0.1) is 10.6 Å². The van der Waals surface area contributed by atoms with Gasteiger partial charge in [-0.2, -0.15) is 0 Å². The van der Waals surface area contributed by atoms with Crippen LogP contribution in [0.5, 0.6) is 0 Å². The summed E-state index contributed by atoms with van der Waals surface area (Å²) in [7, 11) is 2.02. The van der Waals surface area contributed by atoms with Crippen molar-refractivity contribution < 1.29 is 9.18 Å². The zero-order chi connectivity index (χ0) is 22.3. The Morgan fingerprint density at radius 1 is 1.26 bits per heavy atom. The summed E-state index contributed by atoms with van der Waals surface area (Å²) in [5.41, 5.74) is 3.26. The molecule has 1 unspecified atom stereocenters. The molecule has 4 nitrogen and oxygen atoms in total. The SMILES string of the molecule is CCN1C(=O)/C(=C\c2cc3c(cc2F)N(C)C(C)(C)CC3C)SC1=Nc1ccccc1. The molecule has 0 bridgehead atoms. The highest BCUT2D eigenvalue weighted by atomic mass is 32.2. The number of amidine groups is 1. The Labute approximate surface area is 187 Å². The lowest BCUT2D eigenvalue weighted by molar-refractivity contribution is -0.122. The van der Waals surface area contributed by atoms with E-state index >= 15 is 4.39 Å². The zero-order valence-corrected chi connectivity index (χ0v) is 19.5. The molecule has 0 saturated carbocycles. The third-order valence-corrected chi connectivity index (χ3v) is 7.23. The van der Waals surface area contributed by atoms with E-state index in [1.54, 1.807) is 17.0 Å². The Morgan fingerprint density at radius 3 is 2.65 bits per heavy atom. The van der Waals surface area contributed by atoms with Crippen LogP contribution in [0.2, 0.25) is 0 Å². The van der Waals surface area contributed by atoms with Crippen LogP contribution in [-0.4, -0.2) is 35.1 Å². The number of benzene rings is 2. The summed E-state index contributed by atoms with van der Waals surface area (Å²) in [6.45, 7) is 8.97. The molecule has 6 heteroatoms. The molecule has 2 aromatic carbocycles. The number of amides is 1. The average molecular weight is 438 g/mol. The van der Waals surface area contributed by atoms with E-state index in [0.29, 0.717) is 28.1 Å². The molecule has 0 aliphatic carbocycles. The smallest absolute Gasteiger partial charge is 0.266 e. The van der Waals surface area contributed by atoms with E-state index < -0.39 is 0 Å². The van der Waals surface area contributed by atoms with Crippen molar-refractivity contribution in [3.8, 4) is 0 Å². The Morgan fingerprint density at radius 2 is 1.97 bits per heavy atom. The molecular weight excluding hydrogens is 409 g/mol. The molecule has 0 spiro atoms. The van der Waals surface area contributed by atoms with Crippen molar-refractivity contribution in [1.29, 1.82) is 0 Å². The molecule has 2 heterocycles. The number of carbonyl (C=O) groups excluding carboxylic acids is 1. The predicted molar refractivity (Wildman–Crippen MR) is 128 cm³/mol. The van der Waals surface area contributed by atoms with Crippen LogP contribution in [0, 0.1) is 5.82 Å². The molecule has 2 aromatic rings. The van der Waals surface area contributed by atoms with Crippen molar-refractivity contribution >= 4 is 40.3 Å². The third-order valence-electron chi connectivity index (χ3n) is 6.22. The first-order valence-corrected chi connectivity index (χ1v) is 11.5. The molecule has 1 saturated heterocycles. The number of halogens is 1. The van der Waals surface area contributed by atoms with Gasteiger partial charge in [-0.05, 0) is 80.8 Å². The van der Waals surface area contributed by atoms with Crippen LogP contribution in [0.4, 0.5) is 15.8 Å². The van der Waals surface area contributed by atoms with Gasteiger partial charge in [0.25, 0.3) is 5.91 Å². The first-order chi connectivity index (χ1) is 14.7. The van der Waals surface area contributed by atoms with Gasteiger partial charge in [0, 0.05) is 30.4 Å². The van der Waals surface area contributed by atoms with Gasteiger partial charge in [-0.3, -0.25) is 9.69 Å². The highest BCUT2D eigenvalue weighted by molar-refractivity contribution is 8.18. The van der Waals surface area contributed by atoms with Gasteiger partial charge in [0.1, 0.15) is 5.82 Å². The van der Waals surface area contributed by atoms with Gasteiger partial charge in [-0.1, -0.05) is 25.1 Å². The fourth-order valence-corrected chi connectivity index (χ4v) is 5.39. The Bertz CT molecular complexity index is 1080. The van der Waals surface area contributed by atoms with E-state index in [-0.39, 0.29) is 17.3 Å². The number of likely N-dealkylation sites (N-methyl/N-ethyl adjacent to an activating group) is 1. The second-order valence-electron chi connectivity index (χ2n) is 8.80. The van der Waals surface area contributed by atoms with Crippen molar-refractivity contribution in [3.63, 3.8) is 0 Å². The molecule has 1 fully saturated rings. The summed E-state index contributed by atoms with van der Waals surface area (Å²) < 4.78 is 15.1. The first-order valence-electron chi connectivity index (χ1n) is 10.6. The van der Waals surface area contributed by atoms with E-state index in [1.165, 1.54) is 11.8 Å². The van der Waals surface area contributed by atoms with Gasteiger partial charge in [0.15, 0.2) is 5.17 Å². The van der Waals surface area contributed by atoms with Crippen molar-refractivity contribution in [1.82, 2.24) is 4.90 Å². The summed E-state index contributed by atoms with van der Waals surface area (Å²) in [6, 6.07) is 13.1. The van der Waals surface area contributed by atoms with E-state index in [2.05, 4.69) is 30.7 Å². The van der Waals surface area contributed by atoms with Crippen LogP contribution in [0.25, 0.3) is 6.08 Å². The maximum absolute atomic E-state index is 15.1. The highest BCUT2D eigenvalue weighted by Gasteiger charge is 2.36. The molecular formula is C25H28FN3OS. The Balaban J connectivity index is 1.71. The van der Waals surface area contributed by atoms with Crippen LogP contribution < -0.4 is 4.90 Å². The minimum absolute atomic E-state index is 0.0272. The Kier molecular flexibility index (Phi) is 5.69. The lowest BCUT2D eigenvalue weighted by Crippen LogP contribution is -2.45. The van der Waals surface area contributed by atoms with E-state index in [4.69, 9.17) is 0 Å². The normalized spacial score (nSPS) is 23.0. The predicted octanol–water partition coefficient (Wildman–Crippen LogP) is 6.17. The number of rotatable bonds is 3. The number of carbonyl (C=O) groups is 1. The molecule has 0 radical (unpaired) electrons. The summed E-state index contributed by atoms with van der Waals surface area (Å²) in [5.74, 6) is -0.133. The summed E-state index contributed by atoms with van der Waals surface area (Å²) >= 11 is 1.30. The van der Waals surface area contributed by atoms with E-state index in [9.17, 15) is 4.79 Å². The summed E-state index contributed by atoms with van der Waals surface area (Å²) in [6.07, 6.45) is 2.66. The maximum Gasteiger partial charge on any atom is 0.266 e. The number of hydrogen-bond donors (Lipinski definition) is 0. The van der Waals surface area contributed by atoms with E-state index in [0.717, 1.165) is 23.4 Å². The average Bonchev–Trinajstić information content (AvgIpc) is 3.02. The molecule has 31 heavy (non-hydrogen) atoms. The second-order valence-corrected chi connectivity index (χ2v) is 9.81. The van der Waals surface area contributed by atoms with Crippen LogP contribution >= 0.6 is 11.8 Å². The zero-order valence-electron chi connectivity index (χ0n) is 18.6. The lowest BCUT2D eigenvalue weighted by Gasteiger charge is -2.45. The van der Waals surface area contributed by atoms with Crippen molar-refractivity contribution in [2.75, 3.05) is 18.5 Å². The number of aliphatic imine (C=N–C) groups is 1. The summed E-state index contributed by atoms with van der Waals surface area (Å²) in [4.78, 5) is 21.9. The van der Waals surface area contributed by atoms with Crippen molar-refractivity contribution in [2.24, 2.45) is 4.99 Å². The van der Waals surface area contributed by atoms with Gasteiger partial charge in [-0.15, -0.1) is 0 Å². The number of fused-ring (bicyclic) bond motifs is 1. The second kappa shape index (κ2) is 8.15. The molecule has 1 atom stereocenters. The molecule has 2 aliphatic rings. The fourth-order valence-electron chi connectivity index (χ4n) is 4.34. The molecule has 2 aliphatic heterocycles. The van der Waals surface area contributed by atoms with Gasteiger partial charge in [0.2, 0.25) is 0 Å². The first kappa shape index (κ1) is 21.6. The quantitative estimate of drug-likeness (QED) is 0.539. The summed E-state index contributed by atoms with van der Waals surface area (Å²) in [5, 5.41) is 0.623. The van der Waals surface area contributed by atoms with Crippen molar-refractivity contribution in [2.45, 2.75) is 45.6 Å². The Hall–Kier alpha value is -2.60. The third kappa shape index (κ3) is 4.01. The standard InChI is InChI=1S/C25H28FN3OS/c1-6-29-23(30)22(31-24(29)27-18-10-8-7-9-11-18)13-17-12-19-16(2)15-25(3,4)28(5)21(19)14-20(17)26/h7-14,16H,6,15H2,1-5H3/b22-13+,27-24?. The maximum atomic E-state index is 15.1. The molecule has 162 valence electrons. The molecule has 0 aromatic heterocycles. The van der Waals surface area contributed by atoms with Crippen LogP contribution in [-0.2, 0) is 4.79 Å². The number of hydrogen-bond acceptors (Lipinski definition) is 4. The largest absolute Gasteiger partial charge is 0.369 e. The number of thioether (sulfide) groups is 1. The van der Waals surface area contributed by atoms with Gasteiger partial charge >= 0.3 is 0 Å². The molecule has 4 rings (SSSR count). The van der Waals surface area contributed by atoms with Crippen molar-refractivity contribution in [3.05, 3.63) is 64.3 Å². The number of nitrogens with zero attached hydrogens (tertiary/aromatic N) is 3. The molecule has 0 N–H and O–H groups in total. The number of para-hydroxylation sites is 1. The minimum Gasteiger partial charge on any atom is -0.369 e. The van der Waals surface area contributed by atoms with Crippen LogP contribution in [0.3, 0.4) is 0 Å². The molecule has 1 amide bonds. The highest BCUT2D eigenvalue weighted by Crippen LogP contribution is 2.44.